The third-order valence-electron chi connectivity index (χ3n) is 5.92. The fourth-order valence-electron chi connectivity index (χ4n) is 3.96. The third-order valence-corrected chi connectivity index (χ3v) is 5.92. The van der Waals surface area contributed by atoms with Gasteiger partial charge in [-0.2, -0.15) is 0 Å². The number of benzene rings is 2. The highest BCUT2D eigenvalue weighted by atomic mass is 16.5. The second kappa shape index (κ2) is 10.5. The molecule has 3 N–H and O–H groups in total. The second-order valence-corrected chi connectivity index (χ2v) is 9.59. The van der Waals surface area contributed by atoms with E-state index in [-0.39, 0.29) is 5.91 Å². The van der Waals surface area contributed by atoms with Crippen LogP contribution in [0.2, 0.25) is 0 Å². The van der Waals surface area contributed by atoms with Crippen LogP contribution in [0.15, 0.2) is 48.7 Å². The van der Waals surface area contributed by atoms with E-state index in [0.29, 0.717) is 31.2 Å². The lowest BCUT2D eigenvalue weighted by molar-refractivity contribution is 0.0795. The van der Waals surface area contributed by atoms with Gasteiger partial charge in [-0.15, -0.1) is 0 Å². The summed E-state index contributed by atoms with van der Waals surface area (Å²) >= 11 is 0. The zero-order chi connectivity index (χ0) is 24.1. The molecule has 1 unspecified atom stereocenters. The molecule has 0 bridgehead atoms. The largest absolute Gasteiger partial charge is 0.493 e. The molecule has 1 aliphatic heterocycles. The highest BCUT2D eigenvalue weighted by Crippen LogP contribution is 2.25. The van der Waals surface area contributed by atoms with Crippen LogP contribution in [0.25, 0.3) is 10.9 Å². The zero-order valence-electron chi connectivity index (χ0n) is 20.1. The van der Waals surface area contributed by atoms with Gasteiger partial charge in [-0.25, -0.2) is 0 Å². The molecular formula is C27H33N3O4. The first-order chi connectivity index (χ1) is 16.3. The fourth-order valence-corrected chi connectivity index (χ4v) is 3.96. The first-order valence-corrected chi connectivity index (χ1v) is 11.7. The number of anilines is 1. The molecule has 180 valence electrons. The molecule has 0 saturated carbocycles. The van der Waals surface area contributed by atoms with Gasteiger partial charge in [-0.1, -0.05) is 6.07 Å². The number of aliphatic hydroxyl groups is 1. The number of amides is 1. The van der Waals surface area contributed by atoms with Gasteiger partial charge in [0.1, 0.15) is 5.75 Å². The van der Waals surface area contributed by atoms with Gasteiger partial charge in [-0.05, 0) is 74.7 Å². The van der Waals surface area contributed by atoms with E-state index in [9.17, 15) is 9.90 Å². The first kappa shape index (κ1) is 24.1. The van der Waals surface area contributed by atoms with E-state index in [1.807, 2.05) is 37.4 Å². The maximum absolute atomic E-state index is 12.8. The van der Waals surface area contributed by atoms with Crippen LogP contribution in [-0.4, -0.2) is 48.0 Å². The van der Waals surface area contributed by atoms with E-state index in [0.717, 1.165) is 53.1 Å². The summed E-state index contributed by atoms with van der Waals surface area (Å²) in [5.41, 5.74) is 3.35. The summed E-state index contributed by atoms with van der Waals surface area (Å²) in [6.07, 6.45) is 2.86. The first-order valence-electron chi connectivity index (χ1n) is 11.7. The van der Waals surface area contributed by atoms with Gasteiger partial charge < -0.3 is 25.2 Å². The van der Waals surface area contributed by atoms with Gasteiger partial charge in [0.05, 0.1) is 24.3 Å². The van der Waals surface area contributed by atoms with E-state index in [1.165, 1.54) is 0 Å². The number of hydrogen-bond acceptors (Lipinski definition) is 6. The molecule has 2 heterocycles. The van der Waals surface area contributed by atoms with Crippen LogP contribution in [0.1, 0.15) is 41.8 Å². The van der Waals surface area contributed by atoms with Crippen LogP contribution < -0.4 is 15.4 Å². The summed E-state index contributed by atoms with van der Waals surface area (Å²) in [5, 5.41) is 17.1. The van der Waals surface area contributed by atoms with Gasteiger partial charge in [0, 0.05) is 48.4 Å². The minimum atomic E-state index is -0.758. The highest BCUT2D eigenvalue weighted by Gasteiger charge is 2.17. The van der Waals surface area contributed by atoms with Crippen molar-refractivity contribution in [3.05, 3.63) is 65.4 Å². The van der Waals surface area contributed by atoms with Gasteiger partial charge in [0.25, 0.3) is 5.91 Å². The van der Waals surface area contributed by atoms with E-state index in [4.69, 9.17) is 9.47 Å². The Morgan fingerprint density at radius 1 is 1.24 bits per heavy atom. The van der Waals surface area contributed by atoms with Crippen molar-refractivity contribution < 1.29 is 19.4 Å². The van der Waals surface area contributed by atoms with E-state index in [2.05, 4.69) is 21.7 Å². The number of pyridine rings is 1. The van der Waals surface area contributed by atoms with Crippen molar-refractivity contribution in [2.45, 2.75) is 39.3 Å². The van der Waals surface area contributed by atoms with E-state index >= 15 is 0 Å². The molecule has 0 aliphatic carbocycles. The number of aryl methyl sites for hydroxylation is 1. The molecular weight excluding hydrogens is 430 g/mol. The average molecular weight is 464 g/mol. The topological polar surface area (TPSA) is 92.7 Å². The Morgan fingerprint density at radius 3 is 2.74 bits per heavy atom. The van der Waals surface area contributed by atoms with Crippen LogP contribution >= 0.6 is 0 Å². The smallest absolute Gasteiger partial charge is 0.255 e. The lowest BCUT2D eigenvalue weighted by Gasteiger charge is -2.17. The number of hydrogen-bond donors (Lipinski definition) is 3. The number of aromatic nitrogens is 1. The van der Waals surface area contributed by atoms with Crippen LogP contribution in [0.3, 0.4) is 0 Å². The summed E-state index contributed by atoms with van der Waals surface area (Å²) in [6, 6.07) is 13.2. The van der Waals surface area contributed by atoms with Crippen molar-refractivity contribution >= 4 is 22.5 Å². The molecule has 3 aromatic rings. The lowest BCUT2D eigenvalue weighted by atomic mass is 10.1. The minimum Gasteiger partial charge on any atom is -0.493 e. The van der Waals surface area contributed by atoms with Crippen LogP contribution in [0, 0.1) is 12.8 Å². The Kier molecular flexibility index (Phi) is 7.46. The van der Waals surface area contributed by atoms with E-state index < -0.39 is 5.60 Å². The Bertz CT molecular complexity index is 1130. The van der Waals surface area contributed by atoms with Crippen LogP contribution in [-0.2, 0) is 11.3 Å². The second-order valence-electron chi connectivity index (χ2n) is 9.59. The number of ether oxygens (including phenoxy) is 2. The van der Waals surface area contributed by atoms with Gasteiger partial charge in [-0.3, -0.25) is 9.78 Å². The molecule has 34 heavy (non-hydrogen) atoms. The number of rotatable bonds is 9. The summed E-state index contributed by atoms with van der Waals surface area (Å²) in [5.74, 6) is 1.01. The maximum Gasteiger partial charge on any atom is 0.255 e. The molecule has 1 saturated heterocycles. The fraction of sp³-hybridized carbons (Fsp3) is 0.407. The molecule has 0 spiro atoms. The maximum atomic E-state index is 12.8. The quantitative estimate of drug-likeness (QED) is 0.443. The summed E-state index contributed by atoms with van der Waals surface area (Å²) in [6.45, 7) is 8.81. The third kappa shape index (κ3) is 6.32. The lowest BCUT2D eigenvalue weighted by Crippen LogP contribution is -2.34. The molecule has 1 atom stereocenters. The zero-order valence-corrected chi connectivity index (χ0v) is 20.1. The van der Waals surface area contributed by atoms with Crippen LogP contribution in [0.5, 0.6) is 5.75 Å². The molecule has 1 aromatic heterocycles. The molecule has 2 aromatic carbocycles. The highest BCUT2D eigenvalue weighted by molar-refractivity contribution is 6.06. The summed E-state index contributed by atoms with van der Waals surface area (Å²) in [4.78, 5) is 17.4. The average Bonchev–Trinajstić information content (AvgIpc) is 3.33. The van der Waals surface area contributed by atoms with Crippen molar-refractivity contribution in [3.63, 3.8) is 0 Å². The predicted molar refractivity (Wildman–Crippen MR) is 133 cm³/mol. The van der Waals surface area contributed by atoms with Gasteiger partial charge >= 0.3 is 0 Å². The monoisotopic (exact) mass is 463 g/mol. The minimum absolute atomic E-state index is 0.175. The Labute approximate surface area is 200 Å². The van der Waals surface area contributed by atoms with Gasteiger partial charge in [0.15, 0.2) is 0 Å². The molecule has 1 aliphatic rings. The number of carbonyl (C=O) groups is 1. The Morgan fingerprint density at radius 2 is 2.03 bits per heavy atom. The normalized spacial score (nSPS) is 16.1. The molecule has 7 nitrogen and oxygen atoms in total. The molecule has 1 fully saturated rings. The number of fused-ring (bicyclic) bond motifs is 1. The van der Waals surface area contributed by atoms with E-state index in [1.54, 1.807) is 26.0 Å². The molecule has 4 rings (SSSR count). The predicted octanol–water partition coefficient (Wildman–Crippen LogP) is 4.07. The number of nitrogens with one attached hydrogen (secondary N) is 2. The summed E-state index contributed by atoms with van der Waals surface area (Å²) < 4.78 is 11.2. The van der Waals surface area contributed by atoms with Crippen molar-refractivity contribution in [1.82, 2.24) is 10.3 Å². The van der Waals surface area contributed by atoms with Crippen molar-refractivity contribution in [3.8, 4) is 5.75 Å². The Hall–Kier alpha value is -3.00. The molecule has 0 radical (unpaired) electrons. The molecule has 1 amide bonds. The Balaban J connectivity index is 1.38. The number of nitrogens with zero attached hydrogens (tertiary/aromatic N) is 1. The van der Waals surface area contributed by atoms with Crippen LogP contribution in [0.4, 0.5) is 5.69 Å². The van der Waals surface area contributed by atoms with Crippen molar-refractivity contribution in [1.29, 1.82) is 0 Å². The summed E-state index contributed by atoms with van der Waals surface area (Å²) in [7, 11) is 0. The van der Waals surface area contributed by atoms with Crippen molar-refractivity contribution in [2.24, 2.45) is 5.92 Å². The number of carbonyl (C=O) groups excluding carboxylic acids is 1. The standard InChI is InChI=1S/C27H33N3O4/c1-18-24(9-6-22-12-20(14-29-25(18)22)13-28-17-27(2,3)32)30-26(31)21-4-7-23(8-5-21)34-16-19-10-11-33-15-19/h4-9,12,14,19,28,32H,10-11,13,15-17H2,1-3H3,(H,30,31). The molecule has 7 heteroatoms. The van der Waals surface area contributed by atoms with Gasteiger partial charge in [0.2, 0.25) is 0 Å². The van der Waals surface area contributed by atoms with Crippen molar-refractivity contribution in [2.75, 3.05) is 31.7 Å². The SMILES string of the molecule is Cc1c(NC(=O)c2ccc(OCC3CCOC3)cc2)ccc2cc(CNCC(C)(C)O)cnc12.